The SMILES string of the molecule is CCc1nc(-c2ccccc2)n(N)c1N. The Morgan fingerprint density at radius 2 is 1.93 bits per heavy atom. The van der Waals surface area contributed by atoms with E-state index in [0.29, 0.717) is 11.6 Å². The Morgan fingerprint density at radius 3 is 2.47 bits per heavy atom. The van der Waals surface area contributed by atoms with Gasteiger partial charge in [-0.3, -0.25) is 0 Å². The maximum Gasteiger partial charge on any atom is 0.160 e. The molecule has 0 saturated heterocycles. The summed E-state index contributed by atoms with van der Waals surface area (Å²) in [5.74, 6) is 7.09. The highest BCUT2D eigenvalue weighted by molar-refractivity contribution is 5.60. The normalized spacial score (nSPS) is 10.5. The van der Waals surface area contributed by atoms with E-state index in [2.05, 4.69) is 4.98 Å². The fourth-order valence-electron chi connectivity index (χ4n) is 1.54. The molecule has 0 spiro atoms. The molecule has 0 amide bonds. The number of aryl methyl sites for hydroxylation is 1. The van der Waals surface area contributed by atoms with Crippen molar-refractivity contribution in [3.63, 3.8) is 0 Å². The van der Waals surface area contributed by atoms with E-state index in [0.717, 1.165) is 17.7 Å². The van der Waals surface area contributed by atoms with Gasteiger partial charge < -0.3 is 11.6 Å². The smallest absolute Gasteiger partial charge is 0.160 e. The van der Waals surface area contributed by atoms with E-state index in [1.807, 2.05) is 37.3 Å². The van der Waals surface area contributed by atoms with Crippen LogP contribution in [0.2, 0.25) is 0 Å². The Balaban J connectivity index is 2.55. The van der Waals surface area contributed by atoms with E-state index < -0.39 is 0 Å². The first-order valence-corrected chi connectivity index (χ1v) is 4.91. The Kier molecular flexibility index (Phi) is 2.33. The van der Waals surface area contributed by atoms with Crippen molar-refractivity contribution in [1.82, 2.24) is 9.66 Å². The molecule has 0 bridgehead atoms. The zero-order valence-electron chi connectivity index (χ0n) is 8.64. The average molecular weight is 202 g/mol. The van der Waals surface area contributed by atoms with Crippen LogP contribution < -0.4 is 11.6 Å². The zero-order chi connectivity index (χ0) is 10.8. The van der Waals surface area contributed by atoms with Crippen LogP contribution in [0.15, 0.2) is 30.3 Å². The number of anilines is 1. The van der Waals surface area contributed by atoms with Crippen molar-refractivity contribution in [2.24, 2.45) is 0 Å². The molecule has 0 fully saturated rings. The summed E-state index contributed by atoms with van der Waals surface area (Å²) in [5.41, 5.74) is 7.65. The lowest BCUT2D eigenvalue weighted by Crippen LogP contribution is -2.13. The van der Waals surface area contributed by atoms with Gasteiger partial charge in [0.1, 0.15) is 5.82 Å². The largest absolute Gasteiger partial charge is 0.382 e. The van der Waals surface area contributed by atoms with Gasteiger partial charge in [0.05, 0.1) is 5.69 Å². The monoisotopic (exact) mass is 202 g/mol. The predicted octanol–water partition coefficient (Wildman–Crippen LogP) is 1.41. The fraction of sp³-hybridized carbons (Fsp3) is 0.182. The van der Waals surface area contributed by atoms with Crippen molar-refractivity contribution < 1.29 is 0 Å². The molecule has 78 valence electrons. The summed E-state index contributed by atoms with van der Waals surface area (Å²) in [5, 5.41) is 0. The van der Waals surface area contributed by atoms with Crippen LogP contribution >= 0.6 is 0 Å². The molecule has 2 rings (SSSR count). The molecular formula is C11H14N4. The van der Waals surface area contributed by atoms with E-state index >= 15 is 0 Å². The van der Waals surface area contributed by atoms with E-state index in [1.165, 1.54) is 4.68 Å². The highest BCUT2D eigenvalue weighted by Gasteiger charge is 2.12. The zero-order valence-corrected chi connectivity index (χ0v) is 8.64. The molecule has 0 aliphatic rings. The molecule has 4 nitrogen and oxygen atoms in total. The summed E-state index contributed by atoms with van der Waals surface area (Å²) in [4.78, 5) is 4.41. The lowest BCUT2D eigenvalue weighted by molar-refractivity contribution is 1.02. The number of hydrogen-bond donors (Lipinski definition) is 2. The van der Waals surface area contributed by atoms with Crippen LogP contribution in [0.25, 0.3) is 11.4 Å². The number of imidazole rings is 1. The van der Waals surface area contributed by atoms with E-state index in [4.69, 9.17) is 11.6 Å². The number of rotatable bonds is 2. The van der Waals surface area contributed by atoms with Gasteiger partial charge in [-0.1, -0.05) is 37.3 Å². The summed E-state index contributed by atoms with van der Waals surface area (Å²) in [6, 6.07) is 9.78. The van der Waals surface area contributed by atoms with E-state index in [1.54, 1.807) is 0 Å². The quantitative estimate of drug-likeness (QED) is 0.723. The molecule has 1 aromatic carbocycles. The maximum atomic E-state index is 5.84. The second-order valence-corrected chi connectivity index (χ2v) is 3.36. The third-order valence-corrected chi connectivity index (χ3v) is 2.39. The number of aromatic nitrogens is 2. The first kappa shape index (κ1) is 9.58. The van der Waals surface area contributed by atoms with Crippen LogP contribution in [0.5, 0.6) is 0 Å². The second-order valence-electron chi connectivity index (χ2n) is 3.36. The average Bonchev–Trinajstić information content (AvgIpc) is 2.57. The molecule has 0 atom stereocenters. The summed E-state index contributed by atoms with van der Waals surface area (Å²) in [6.07, 6.45) is 0.788. The first-order chi connectivity index (χ1) is 7.24. The third kappa shape index (κ3) is 1.54. The molecule has 0 unspecified atom stereocenters. The van der Waals surface area contributed by atoms with Crippen LogP contribution in [-0.2, 0) is 6.42 Å². The summed E-state index contributed by atoms with van der Waals surface area (Å²) < 4.78 is 1.44. The van der Waals surface area contributed by atoms with Gasteiger partial charge in [-0.2, -0.15) is 0 Å². The molecule has 4 heteroatoms. The molecule has 4 N–H and O–H groups in total. The Morgan fingerprint density at radius 1 is 1.27 bits per heavy atom. The van der Waals surface area contributed by atoms with Crippen molar-refractivity contribution in [3.05, 3.63) is 36.0 Å². The molecule has 0 radical (unpaired) electrons. The Hall–Kier alpha value is -1.97. The van der Waals surface area contributed by atoms with Crippen LogP contribution in [0.3, 0.4) is 0 Å². The van der Waals surface area contributed by atoms with Gasteiger partial charge in [0.2, 0.25) is 0 Å². The van der Waals surface area contributed by atoms with Gasteiger partial charge in [-0.25, -0.2) is 9.66 Å². The van der Waals surface area contributed by atoms with Crippen LogP contribution in [0.1, 0.15) is 12.6 Å². The molecule has 1 heterocycles. The minimum atomic E-state index is 0.538. The van der Waals surface area contributed by atoms with Gasteiger partial charge >= 0.3 is 0 Å². The molecule has 0 saturated carbocycles. The summed E-state index contributed by atoms with van der Waals surface area (Å²) in [6.45, 7) is 2.01. The van der Waals surface area contributed by atoms with Gasteiger partial charge in [0.15, 0.2) is 5.82 Å². The van der Waals surface area contributed by atoms with Crippen LogP contribution in [0, 0.1) is 0 Å². The van der Waals surface area contributed by atoms with Gasteiger partial charge in [0.25, 0.3) is 0 Å². The van der Waals surface area contributed by atoms with Gasteiger partial charge in [-0.05, 0) is 6.42 Å². The lowest BCUT2D eigenvalue weighted by atomic mass is 10.2. The minimum Gasteiger partial charge on any atom is -0.382 e. The van der Waals surface area contributed by atoms with E-state index in [-0.39, 0.29) is 0 Å². The second kappa shape index (κ2) is 3.65. The van der Waals surface area contributed by atoms with Crippen molar-refractivity contribution in [3.8, 4) is 11.4 Å². The van der Waals surface area contributed by atoms with Gasteiger partial charge in [-0.15, -0.1) is 0 Å². The number of hydrogen-bond acceptors (Lipinski definition) is 3. The molecule has 0 aliphatic carbocycles. The number of nitrogens with two attached hydrogens (primary N) is 2. The maximum absolute atomic E-state index is 5.84. The molecular weight excluding hydrogens is 188 g/mol. The number of benzene rings is 1. The van der Waals surface area contributed by atoms with Crippen LogP contribution in [-0.4, -0.2) is 9.66 Å². The molecule has 1 aromatic heterocycles. The standard InChI is InChI=1S/C11H14N4/c1-2-9-10(12)15(13)11(14-9)8-6-4-3-5-7-8/h3-7H,2,12-13H2,1H3. The number of nitrogens with zero attached hydrogens (tertiary/aromatic N) is 2. The van der Waals surface area contributed by atoms with Crippen molar-refractivity contribution >= 4 is 5.82 Å². The highest BCUT2D eigenvalue weighted by atomic mass is 15.4. The molecule has 0 aliphatic heterocycles. The topological polar surface area (TPSA) is 69.9 Å². The summed E-state index contributed by atoms with van der Waals surface area (Å²) >= 11 is 0. The van der Waals surface area contributed by atoms with Gasteiger partial charge in [0, 0.05) is 5.56 Å². The van der Waals surface area contributed by atoms with E-state index in [9.17, 15) is 0 Å². The molecule has 2 aromatic rings. The highest BCUT2D eigenvalue weighted by Crippen LogP contribution is 2.21. The minimum absolute atomic E-state index is 0.538. The summed E-state index contributed by atoms with van der Waals surface area (Å²) in [7, 11) is 0. The first-order valence-electron chi connectivity index (χ1n) is 4.91. The lowest BCUT2D eigenvalue weighted by Gasteiger charge is -2.01. The predicted molar refractivity (Wildman–Crippen MR) is 61.6 cm³/mol. The molecule has 15 heavy (non-hydrogen) atoms. The number of nitrogen functional groups attached to an aromatic ring is 2. The fourth-order valence-corrected chi connectivity index (χ4v) is 1.54. The van der Waals surface area contributed by atoms with Crippen LogP contribution in [0.4, 0.5) is 5.82 Å². The Labute approximate surface area is 88.5 Å². The van der Waals surface area contributed by atoms with Crippen molar-refractivity contribution in [1.29, 1.82) is 0 Å². The third-order valence-electron chi connectivity index (χ3n) is 2.39. The Bertz CT molecular complexity index is 459. The van der Waals surface area contributed by atoms with Crippen molar-refractivity contribution in [2.75, 3.05) is 11.6 Å². The van der Waals surface area contributed by atoms with Crippen molar-refractivity contribution in [2.45, 2.75) is 13.3 Å².